The van der Waals surface area contributed by atoms with E-state index in [1.807, 2.05) is 0 Å². The van der Waals surface area contributed by atoms with Gasteiger partial charge in [-0.1, -0.05) is 12.1 Å². The minimum atomic E-state index is -4.54. The standard InChI is InChI=1S/C19H24F3N3O2/c1-23-18(27)24-9-6-13(7-10-24)14-8-11-25(12-14)17(26)15-4-2-3-5-16(15)19(20,21)22/h2-5,13-14H,6-12H2,1H3,(H,23,27). The van der Waals surface area contributed by atoms with E-state index in [1.165, 1.54) is 18.2 Å². The number of rotatable bonds is 2. The number of carbonyl (C=O) groups excluding carboxylic acids is 2. The molecule has 1 atom stereocenters. The Hall–Kier alpha value is -2.25. The van der Waals surface area contributed by atoms with E-state index < -0.39 is 17.6 Å². The number of halogens is 3. The molecular formula is C19H24F3N3O2. The molecule has 8 heteroatoms. The summed E-state index contributed by atoms with van der Waals surface area (Å²) in [6.45, 7) is 2.30. The molecule has 0 radical (unpaired) electrons. The lowest BCUT2D eigenvalue weighted by molar-refractivity contribution is -0.138. The van der Waals surface area contributed by atoms with Crippen LogP contribution in [0.1, 0.15) is 35.2 Å². The fourth-order valence-electron chi connectivity index (χ4n) is 4.18. The molecule has 2 aliphatic heterocycles. The second kappa shape index (κ2) is 7.78. The van der Waals surface area contributed by atoms with Gasteiger partial charge in [0.15, 0.2) is 0 Å². The van der Waals surface area contributed by atoms with E-state index in [0.29, 0.717) is 32.1 Å². The van der Waals surface area contributed by atoms with E-state index in [4.69, 9.17) is 0 Å². The Morgan fingerprint density at radius 3 is 2.22 bits per heavy atom. The summed E-state index contributed by atoms with van der Waals surface area (Å²) in [4.78, 5) is 27.7. The van der Waals surface area contributed by atoms with Crippen LogP contribution in [0.2, 0.25) is 0 Å². The Labute approximate surface area is 156 Å². The molecule has 2 saturated heterocycles. The molecule has 1 aromatic rings. The zero-order valence-electron chi connectivity index (χ0n) is 15.3. The highest BCUT2D eigenvalue weighted by Gasteiger charge is 2.39. The van der Waals surface area contributed by atoms with Crippen molar-refractivity contribution in [3.63, 3.8) is 0 Å². The molecule has 0 saturated carbocycles. The maximum absolute atomic E-state index is 13.2. The highest BCUT2D eigenvalue weighted by molar-refractivity contribution is 5.96. The number of piperidine rings is 1. The minimum absolute atomic E-state index is 0.0829. The Bertz CT molecular complexity index is 700. The van der Waals surface area contributed by atoms with E-state index >= 15 is 0 Å². The first-order chi connectivity index (χ1) is 12.8. The van der Waals surface area contributed by atoms with Crippen LogP contribution >= 0.6 is 0 Å². The molecule has 0 spiro atoms. The molecule has 2 fully saturated rings. The first kappa shape index (κ1) is 19.5. The van der Waals surface area contributed by atoms with Crippen molar-refractivity contribution in [2.24, 2.45) is 11.8 Å². The molecule has 27 heavy (non-hydrogen) atoms. The van der Waals surface area contributed by atoms with E-state index in [2.05, 4.69) is 5.32 Å². The van der Waals surface area contributed by atoms with Gasteiger partial charge in [0.2, 0.25) is 0 Å². The number of nitrogens with one attached hydrogen (secondary N) is 1. The molecule has 1 unspecified atom stereocenters. The topological polar surface area (TPSA) is 52.7 Å². The molecule has 148 valence electrons. The molecule has 3 amide bonds. The largest absolute Gasteiger partial charge is 0.417 e. The normalized spacial score (nSPS) is 21.4. The van der Waals surface area contributed by atoms with Crippen LogP contribution in [-0.2, 0) is 6.18 Å². The number of benzene rings is 1. The number of nitrogens with zero attached hydrogens (tertiary/aromatic N) is 2. The fraction of sp³-hybridized carbons (Fsp3) is 0.579. The highest BCUT2D eigenvalue weighted by Crippen LogP contribution is 2.35. The van der Waals surface area contributed by atoms with Crippen molar-refractivity contribution >= 4 is 11.9 Å². The van der Waals surface area contributed by atoms with Crippen molar-refractivity contribution in [3.05, 3.63) is 35.4 Å². The second-order valence-electron chi connectivity index (χ2n) is 7.22. The van der Waals surface area contributed by atoms with Gasteiger partial charge in [0.25, 0.3) is 5.91 Å². The van der Waals surface area contributed by atoms with Gasteiger partial charge >= 0.3 is 12.2 Å². The SMILES string of the molecule is CNC(=O)N1CCC(C2CCN(C(=O)c3ccccc3C(F)(F)F)C2)CC1. The van der Waals surface area contributed by atoms with E-state index in [-0.39, 0.29) is 17.5 Å². The summed E-state index contributed by atoms with van der Waals surface area (Å²) in [6.07, 6.45) is -2.03. The third kappa shape index (κ3) is 4.20. The van der Waals surface area contributed by atoms with Crippen molar-refractivity contribution in [3.8, 4) is 0 Å². The van der Waals surface area contributed by atoms with Crippen LogP contribution in [-0.4, -0.2) is 55.0 Å². The van der Waals surface area contributed by atoms with Gasteiger partial charge < -0.3 is 15.1 Å². The lowest BCUT2D eigenvalue weighted by Crippen LogP contribution is -2.44. The minimum Gasteiger partial charge on any atom is -0.341 e. The number of alkyl halides is 3. The summed E-state index contributed by atoms with van der Waals surface area (Å²) in [5.74, 6) is 0.119. The van der Waals surface area contributed by atoms with E-state index in [0.717, 1.165) is 25.3 Å². The summed E-state index contributed by atoms with van der Waals surface area (Å²) < 4.78 is 39.6. The summed E-state index contributed by atoms with van der Waals surface area (Å²) >= 11 is 0. The van der Waals surface area contributed by atoms with Crippen molar-refractivity contribution in [2.45, 2.75) is 25.4 Å². The molecule has 5 nitrogen and oxygen atoms in total. The average Bonchev–Trinajstić information content (AvgIpc) is 3.16. The summed E-state index contributed by atoms with van der Waals surface area (Å²) in [5, 5.41) is 2.62. The molecular weight excluding hydrogens is 359 g/mol. The molecule has 0 aliphatic carbocycles. The molecule has 2 aliphatic rings. The van der Waals surface area contributed by atoms with Crippen LogP contribution < -0.4 is 5.32 Å². The number of urea groups is 1. The van der Waals surface area contributed by atoms with Gasteiger partial charge in [0.1, 0.15) is 0 Å². The van der Waals surface area contributed by atoms with Crippen LogP contribution in [0.4, 0.5) is 18.0 Å². The Morgan fingerprint density at radius 2 is 1.59 bits per heavy atom. The van der Waals surface area contributed by atoms with E-state index in [1.54, 1.807) is 16.8 Å². The predicted molar refractivity (Wildman–Crippen MR) is 94.2 cm³/mol. The number of hydrogen-bond acceptors (Lipinski definition) is 2. The number of likely N-dealkylation sites (tertiary alicyclic amines) is 2. The maximum atomic E-state index is 13.2. The molecule has 0 bridgehead atoms. The van der Waals surface area contributed by atoms with Crippen molar-refractivity contribution < 1.29 is 22.8 Å². The molecule has 1 aromatic carbocycles. The molecule has 3 rings (SSSR count). The second-order valence-corrected chi connectivity index (χ2v) is 7.22. The van der Waals surface area contributed by atoms with Gasteiger partial charge in [-0.25, -0.2) is 4.79 Å². The summed E-state index contributed by atoms with van der Waals surface area (Å²) in [7, 11) is 1.60. The lowest BCUT2D eigenvalue weighted by Gasteiger charge is -2.34. The quantitative estimate of drug-likeness (QED) is 0.853. The third-order valence-corrected chi connectivity index (χ3v) is 5.68. The van der Waals surface area contributed by atoms with Crippen LogP contribution in [0.3, 0.4) is 0 Å². The van der Waals surface area contributed by atoms with Crippen molar-refractivity contribution in [1.29, 1.82) is 0 Å². The Kier molecular flexibility index (Phi) is 5.62. The van der Waals surface area contributed by atoms with Gasteiger partial charge in [0, 0.05) is 33.2 Å². The van der Waals surface area contributed by atoms with Crippen molar-refractivity contribution in [2.75, 3.05) is 33.2 Å². The molecule has 1 N–H and O–H groups in total. The van der Waals surface area contributed by atoms with E-state index in [9.17, 15) is 22.8 Å². The molecule has 2 heterocycles. The van der Waals surface area contributed by atoms with Gasteiger partial charge in [-0.05, 0) is 43.2 Å². The number of amides is 3. The number of carbonyl (C=O) groups is 2. The fourth-order valence-corrected chi connectivity index (χ4v) is 4.18. The van der Waals surface area contributed by atoms with Crippen LogP contribution in [0.5, 0.6) is 0 Å². The van der Waals surface area contributed by atoms with Crippen LogP contribution in [0.25, 0.3) is 0 Å². The first-order valence-corrected chi connectivity index (χ1v) is 9.23. The zero-order chi connectivity index (χ0) is 19.6. The average molecular weight is 383 g/mol. The van der Waals surface area contributed by atoms with Gasteiger partial charge in [-0.2, -0.15) is 13.2 Å². The Balaban J connectivity index is 1.62. The number of hydrogen-bond donors (Lipinski definition) is 1. The predicted octanol–water partition coefficient (Wildman–Crippen LogP) is 3.22. The third-order valence-electron chi connectivity index (χ3n) is 5.68. The highest BCUT2D eigenvalue weighted by atomic mass is 19.4. The maximum Gasteiger partial charge on any atom is 0.417 e. The van der Waals surface area contributed by atoms with Crippen LogP contribution in [0, 0.1) is 11.8 Å². The van der Waals surface area contributed by atoms with Crippen molar-refractivity contribution in [1.82, 2.24) is 15.1 Å². The zero-order valence-corrected chi connectivity index (χ0v) is 15.3. The summed E-state index contributed by atoms with van der Waals surface area (Å²) in [6, 6.07) is 4.88. The van der Waals surface area contributed by atoms with Gasteiger partial charge in [-0.3, -0.25) is 4.79 Å². The monoisotopic (exact) mass is 383 g/mol. The smallest absolute Gasteiger partial charge is 0.341 e. The van der Waals surface area contributed by atoms with Crippen LogP contribution in [0.15, 0.2) is 24.3 Å². The lowest BCUT2D eigenvalue weighted by atomic mass is 9.84. The Morgan fingerprint density at radius 1 is 1.00 bits per heavy atom. The molecule has 0 aromatic heterocycles. The first-order valence-electron chi connectivity index (χ1n) is 9.23. The van der Waals surface area contributed by atoms with Gasteiger partial charge in [0.05, 0.1) is 11.1 Å². The van der Waals surface area contributed by atoms with Gasteiger partial charge in [-0.15, -0.1) is 0 Å². The summed E-state index contributed by atoms with van der Waals surface area (Å²) in [5.41, 5.74) is -1.16.